The van der Waals surface area contributed by atoms with Crippen molar-refractivity contribution in [2.75, 3.05) is 39.6 Å². The van der Waals surface area contributed by atoms with Crippen molar-refractivity contribution in [3.05, 3.63) is 0 Å². The Morgan fingerprint density at radius 3 is 2.73 bits per heavy atom. The van der Waals surface area contributed by atoms with Crippen LogP contribution in [0.25, 0.3) is 0 Å². The Bertz CT molecular complexity index is 144. The van der Waals surface area contributed by atoms with Gasteiger partial charge in [-0.25, -0.2) is 0 Å². The molecule has 1 atom stereocenters. The maximum atomic E-state index is 5.62. The lowest BCUT2D eigenvalue weighted by Crippen LogP contribution is -2.30. The molecule has 15 heavy (non-hydrogen) atoms. The third-order valence-corrected chi connectivity index (χ3v) is 2.66. The van der Waals surface area contributed by atoms with E-state index in [1.54, 1.807) is 0 Å². The van der Waals surface area contributed by atoms with Crippen LogP contribution in [0.15, 0.2) is 0 Å². The van der Waals surface area contributed by atoms with E-state index in [9.17, 15) is 0 Å². The van der Waals surface area contributed by atoms with E-state index in [0.717, 1.165) is 32.7 Å². The quantitative estimate of drug-likeness (QED) is 0.685. The lowest BCUT2D eigenvalue weighted by Gasteiger charge is -2.23. The molecule has 1 rings (SSSR count). The van der Waals surface area contributed by atoms with Crippen LogP contribution >= 0.6 is 0 Å². The normalized spacial score (nSPS) is 20.4. The summed E-state index contributed by atoms with van der Waals surface area (Å²) >= 11 is 0. The number of nitrogens with two attached hydrogens (primary N) is 1. The first kappa shape index (κ1) is 12.9. The summed E-state index contributed by atoms with van der Waals surface area (Å²) in [6, 6.07) is 0. The molecule has 0 radical (unpaired) electrons. The molecule has 4 heteroatoms. The summed E-state index contributed by atoms with van der Waals surface area (Å²) in [5.74, 6) is 0.652. The van der Waals surface area contributed by atoms with Gasteiger partial charge in [-0.3, -0.25) is 0 Å². The Kier molecular flexibility index (Phi) is 6.92. The van der Waals surface area contributed by atoms with Crippen molar-refractivity contribution in [2.24, 2.45) is 11.7 Å². The second-order valence-electron chi connectivity index (χ2n) is 3.91. The van der Waals surface area contributed by atoms with Gasteiger partial charge in [0.25, 0.3) is 0 Å². The summed E-state index contributed by atoms with van der Waals surface area (Å²) in [6.07, 6.45) is 2.28. The summed E-state index contributed by atoms with van der Waals surface area (Å²) in [5.41, 5.74) is 5.55. The lowest BCUT2D eigenvalue weighted by molar-refractivity contribution is -0.0307. The van der Waals surface area contributed by atoms with Crippen molar-refractivity contribution in [1.29, 1.82) is 0 Å². The van der Waals surface area contributed by atoms with Gasteiger partial charge in [-0.1, -0.05) is 0 Å². The molecule has 1 heterocycles. The van der Waals surface area contributed by atoms with Crippen molar-refractivity contribution in [3.63, 3.8) is 0 Å². The molecule has 1 saturated heterocycles. The fourth-order valence-electron chi connectivity index (χ4n) is 1.70. The predicted octanol–water partition coefficient (Wildman–Crippen LogP) is 0.793. The highest BCUT2D eigenvalue weighted by atomic mass is 16.5. The Morgan fingerprint density at radius 1 is 1.40 bits per heavy atom. The number of hydrogen-bond acceptors (Lipinski definition) is 4. The van der Waals surface area contributed by atoms with Crippen LogP contribution in [0.1, 0.15) is 19.8 Å². The second-order valence-corrected chi connectivity index (χ2v) is 3.91. The Morgan fingerprint density at radius 2 is 2.13 bits per heavy atom. The predicted molar refractivity (Wildman–Crippen MR) is 58.8 cm³/mol. The Balaban J connectivity index is 2.03. The van der Waals surface area contributed by atoms with E-state index in [1.165, 1.54) is 0 Å². The van der Waals surface area contributed by atoms with E-state index in [-0.39, 0.29) is 6.10 Å². The fourth-order valence-corrected chi connectivity index (χ4v) is 1.70. The molecule has 0 saturated carbocycles. The molecular weight excluding hydrogens is 194 g/mol. The average molecular weight is 217 g/mol. The lowest BCUT2D eigenvalue weighted by atomic mass is 10.0. The third kappa shape index (κ3) is 5.47. The SMILES string of the molecule is CCOC(CN)COCC1CCOCC1. The number of hydrogen-bond donors (Lipinski definition) is 1. The highest BCUT2D eigenvalue weighted by Gasteiger charge is 2.14. The zero-order valence-corrected chi connectivity index (χ0v) is 9.61. The van der Waals surface area contributed by atoms with Crippen LogP contribution in [0, 0.1) is 5.92 Å². The van der Waals surface area contributed by atoms with Crippen molar-refractivity contribution in [3.8, 4) is 0 Å². The molecule has 0 aromatic heterocycles. The van der Waals surface area contributed by atoms with E-state index in [1.807, 2.05) is 6.92 Å². The van der Waals surface area contributed by atoms with E-state index < -0.39 is 0 Å². The van der Waals surface area contributed by atoms with Crippen LogP contribution in [-0.2, 0) is 14.2 Å². The maximum Gasteiger partial charge on any atom is 0.0930 e. The van der Waals surface area contributed by atoms with Gasteiger partial charge in [0.1, 0.15) is 0 Å². The van der Waals surface area contributed by atoms with Gasteiger partial charge in [0, 0.05) is 33.0 Å². The molecular formula is C11H23NO3. The van der Waals surface area contributed by atoms with Gasteiger partial charge >= 0.3 is 0 Å². The van der Waals surface area contributed by atoms with Crippen LogP contribution in [0.5, 0.6) is 0 Å². The van der Waals surface area contributed by atoms with E-state index in [4.69, 9.17) is 19.9 Å². The first-order valence-electron chi connectivity index (χ1n) is 5.84. The van der Waals surface area contributed by atoms with E-state index >= 15 is 0 Å². The minimum Gasteiger partial charge on any atom is -0.381 e. The fraction of sp³-hybridized carbons (Fsp3) is 1.00. The summed E-state index contributed by atoms with van der Waals surface area (Å²) in [5, 5.41) is 0. The van der Waals surface area contributed by atoms with Crippen LogP contribution in [0.4, 0.5) is 0 Å². The molecule has 0 amide bonds. The second kappa shape index (κ2) is 8.05. The Hall–Kier alpha value is -0.160. The zero-order chi connectivity index (χ0) is 10.9. The molecule has 0 bridgehead atoms. The molecule has 1 unspecified atom stereocenters. The van der Waals surface area contributed by atoms with Gasteiger partial charge in [-0.2, -0.15) is 0 Å². The Labute approximate surface area is 92.1 Å². The monoisotopic (exact) mass is 217 g/mol. The van der Waals surface area contributed by atoms with Crippen molar-refractivity contribution < 1.29 is 14.2 Å². The van der Waals surface area contributed by atoms with Crippen molar-refractivity contribution in [2.45, 2.75) is 25.9 Å². The average Bonchev–Trinajstić information content (AvgIpc) is 2.29. The summed E-state index contributed by atoms with van der Waals surface area (Å²) in [4.78, 5) is 0. The van der Waals surface area contributed by atoms with E-state index in [0.29, 0.717) is 25.7 Å². The first-order chi connectivity index (χ1) is 7.36. The minimum atomic E-state index is 0.0508. The number of ether oxygens (including phenoxy) is 3. The summed E-state index contributed by atoms with van der Waals surface area (Å²) in [7, 11) is 0. The molecule has 0 spiro atoms. The highest BCUT2D eigenvalue weighted by Crippen LogP contribution is 2.14. The molecule has 1 fully saturated rings. The topological polar surface area (TPSA) is 53.7 Å². The van der Waals surface area contributed by atoms with Gasteiger partial charge in [0.2, 0.25) is 0 Å². The summed E-state index contributed by atoms with van der Waals surface area (Å²) < 4.78 is 16.3. The minimum absolute atomic E-state index is 0.0508. The van der Waals surface area contributed by atoms with Crippen molar-refractivity contribution >= 4 is 0 Å². The van der Waals surface area contributed by atoms with Crippen LogP contribution in [-0.4, -0.2) is 45.7 Å². The first-order valence-corrected chi connectivity index (χ1v) is 5.84. The maximum absolute atomic E-state index is 5.62. The van der Waals surface area contributed by atoms with Gasteiger partial charge in [-0.05, 0) is 25.7 Å². The standard InChI is InChI=1S/C11H23NO3/c1-2-15-11(7-12)9-14-8-10-3-5-13-6-4-10/h10-11H,2-9,12H2,1H3. The molecule has 2 N–H and O–H groups in total. The molecule has 0 aromatic rings. The molecule has 1 aliphatic rings. The molecule has 0 aromatic carbocycles. The van der Waals surface area contributed by atoms with E-state index in [2.05, 4.69) is 0 Å². The zero-order valence-electron chi connectivity index (χ0n) is 9.61. The van der Waals surface area contributed by atoms with Crippen molar-refractivity contribution in [1.82, 2.24) is 0 Å². The number of rotatable bonds is 7. The van der Waals surface area contributed by atoms with Gasteiger partial charge < -0.3 is 19.9 Å². The summed E-state index contributed by atoms with van der Waals surface area (Å²) in [6.45, 7) is 6.37. The third-order valence-electron chi connectivity index (χ3n) is 2.66. The highest BCUT2D eigenvalue weighted by molar-refractivity contribution is 4.63. The molecule has 90 valence electrons. The van der Waals surface area contributed by atoms with Crippen LogP contribution < -0.4 is 5.73 Å². The van der Waals surface area contributed by atoms with Gasteiger partial charge in [-0.15, -0.1) is 0 Å². The molecule has 0 aliphatic carbocycles. The largest absolute Gasteiger partial charge is 0.381 e. The van der Waals surface area contributed by atoms with Crippen LogP contribution in [0.3, 0.4) is 0 Å². The van der Waals surface area contributed by atoms with Crippen LogP contribution in [0.2, 0.25) is 0 Å². The van der Waals surface area contributed by atoms with Gasteiger partial charge in [0.15, 0.2) is 0 Å². The molecule has 1 aliphatic heterocycles. The smallest absolute Gasteiger partial charge is 0.0930 e. The molecule has 4 nitrogen and oxygen atoms in total. The van der Waals surface area contributed by atoms with Gasteiger partial charge in [0.05, 0.1) is 12.7 Å².